The van der Waals surface area contributed by atoms with Crippen molar-refractivity contribution in [3.8, 4) is 0 Å². The highest BCUT2D eigenvalue weighted by Gasteiger charge is 2.04. The van der Waals surface area contributed by atoms with Gasteiger partial charge in [0.15, 0.2) is 0 Å². The van der Waals surface area contributed by atoms with Gasteiger partial charge in [0.05, 0.1) is 0 Å². The summed E-state index contributed by atoms with van der Waals surface area (Å²) in [4.78, 5) is 10.9. The van der Waals surface area contributed by atoms with E-state index in [2.05, 4.69) is 11.5 Å². The first-order chi connectivity index (χ1) is 6.72. The van der Waals surface area contributed by atoms with E-state index in [-0.39, 0.29) is 0 Å². The third-order valence-corrected chi connectivity index (χ3v) is 2.56. The summed E-state index contributed by atoms with van der Waals surface area (Å²) in [6.45, 7) is 3.01. The number of hydrogen-bond acceptors (Lipinski definition) is 1. The van der Waals surface area contributed by atoms with Gasteiger partial charge in [-0.1, -0.05) is 0 Å². The van der Waals surface area contributed by atoms with Gasteiger partial charge in [0.2, 0.25) is 0 Å². The van der Waals surface area contributed by atoms with Crippen molar-refractivity contribution < 1.29 is 4.79 Å². The topological polar surface area (TPSA) is 22.0 Å². The molecule has 0 saturated heterocycles. The fourth-order valence-corrected chi connectivity index (χ4v) is 1.72. The number of carbonyl (C=O) groups is 1. The normalized spacial score (nSPS) is 10.7. The second kappa shape index (κ2) is 3.46. The number of hydrogen-bond donors (Lipinski definition) is 0. The minimum absolute atomic E-state index is 0.406. The summed E-state index contributed by atoms with van der Waals surface area (Å²) >= 11 is 5.40. The van der Waals surface area contributed by atoms with Crippen molar-refractivity contribution in [2.45, 2.75) is 13.5 Å². The molecule has 1 aromatic heterocycles. The average Bonchev–Trinajstić information content (AvgIpc) is 2.59. The second-order valence-corrected chi connectivity index (χ2v) is 3.49. The standard InChI is InChI=1S/C11H10ClNO/c1-2-13-6-5-8-7-9(11(12)14)3-4-10(8)13/h3-7H,2H2,1H3. The number of nitrogens with zero attached hydrogens (tertiary/aromatic N) is 1. The lowest BCUT2D eigenvalue weighted by Gasteiger charge is -2.00. The van der Waals surface area contributed by atoms with Gasteiger partial charge in [-0.2, -0.15) is 0 Å². The Kier molecular flexibility index (Phi) is 2.30. The average molecular weight is 208 g/mol. The zero-order valence-corrected chi connectivity index (χ0v) is 8.58. The van der Waals surface area contributed by atoms with Crippen LogP contribution in [0.5, 0.6) is 0 Å². The van der Waals surface area contributed by atoms with E-state index in [9.17, 15) is 4.79 Å². The molecule has 72 valence electrons. The molecule has 1 heterocycles. The van der Waals surface area contributed by atoms with Crippen molar-refractivity contribution in [2.75, 3.05) is 0 Å². The third-order valence-electron chi connectivity index (χ3n) is 2.34. The van der Waals surface area contributed by atoms with E-state index >= 15 is 0 Å². The van der Waals surface area contributed by atoms with Crippen LogP contribution in [0.1, 0.15) is 17.3 Å². The Morgan fingerprint density at radius 2 is 2.21 bits per heavy atom. The van der Waals surface area contributed by atoms with Crippen LogP contribution < -0.4 is 0 Å². The lowest BCUT2D eigenvalue weighted by Crippen LogP contribution is -1.92. The molecule has 1 aromatic carbocycles. The van der Waals surface area contributed by atoms with Crippen LogP contribution in [0.2, 0.25) is 0 Å². The molecule has 0 unspecified atom stereocenters. The molecule has 0 radical (unpaired) electrons. The Balaban J connectivity index is 2.63. The molecule has 14 heavy (non-hydrogen) atoms. The van der Waals surface area contributed by atoms with Gasteiger partial charge in [-0.15, -0.1) is 0 Å². The first kappa shape index (κ1) is 9.28. The SMILES string of the molecule is CCn1ccc2cc(C(=O)Cl)ccc21. The van der Waals surface area contributed by atoms with E-state index in [4.69, 9.17) is 11.6 Å². The van der Waals surface area contributed by atoms with Crippen LogP contribution in [-0.2, 0) is 6.54 Å². The molecule has 3 heteroatoms. The van der Waals surface area contributed by atoms with E-state index in [0.717, 1.165) is 17.4 Å². The van der Waals surface area contributed by atoms with Crippen LogP contribution in [-0.4, -0.2) is 9.81 Å². The summed E-state index contributed by atoms with van der Waals surface area (Å²) in [7, 11) is 0. The molecule has 0 aliphatic heterocycles. The van der Waals surface area contributed by atoms with Crippen LogP contribution in [0.4, 0.5) is 0 Å². The van der Waals surface area contributed by atoms with Crippen molar-refractivity contribution in [1.29, 1.82) is 0 Å². The van der Waals surface area contributed by atoms with Gasteiger partial charge in [-0.3, -0.25) is 4.79 Å². The highest BCUT2D eigenvalue weighted by Crippen LogP contribution is 2.18. The van der Waals surface area contributed by atoms with Gasteiger partial charge in [0.25, 0.3) is 5.24 Å². The maximum Gasteiger partial charge on any atom is 0.252 e. The second-order valence-electron chi connectivity index (χ2n) is 3.15. The third kappa shape index (κ3) is 1.42. The molecule has 0 aliphatic rings. The largest absolute Gasteiger partial charge is 0.348 e. The first-order valence-corrected chi connectivity index (χ1v) is 4.89. The first-order valence-electron chi connectivity index (χ1n) is 4.51. The molecular weight excluding hydrogens is 198 g/mol. The molecule has 2 aromatic rings. The molecule has 0 N–H and O–H groups in total. The van der Waals surface area contributed by atoms with Gasteiger partial charge in [0.1, 0.15) is 0 Å². The van der Waals surface area contributed by atoms with Crippen molar-refractivity contribution in [2.24, 2.45) is 0 Å². The van der Waals surface area contributed by atoms with Crippen LogP contribution in [0, 0.1) is 0 Å². The van der Waals surface area contributed by atoms with E-state index in [0.29, 0.717) is 5.56 Å². The van der Waals surface area contributed by atoms with Crippen molar-refractivity contribution >= 4 is 27.7 Å². The fraction of sp³-hybridized carbons (Fsp3) is 0.182. The number of rotatable bonds is 2. The molecule has 2 rings (SSSR count). The highest BCUT2D eigenvalue weighted by molar-refractivity contribution is 6.67. The lowest BCUT2D eigenvalue weighted by molar-refractivity contribution is 0.108. The summed E-state index contributed by atoms with van der Waals surface area (Å²) in [6.07, 6.45) is 2.01. The van der Waals surface area contributed by atoms with Crippen LogP contribution >= 0.6 is 11.6 Å². The predicted octanol–water partition coefficient (Wildman–Crippen LogP) is 3.04. The van der Waals surface area contributed by atoms with Crippen LogP contribution in [0.25, 0.3) is 10.9 Å². The molecule has 2 nitrogen and oxygen atoms in total. The summed E-state index contributed by atoms with van der Waals surface area (Å²) in [5.74, 6) is 0. The summed E-state index contributed by atoms with van der Waals surface area (Å²) in [5.41, 5.74) is 1.68. The Bertz CT molecular complexity index is 487. The molecule has 0 amide bonds. The van der Waals surface area contributed by atoms with E-state index in [1.165, 1.54) is 0 Å². The smallest absolute Gasteiger partial charge is 0.252 e. The maximum absolute atomic E-state index is 10.9. The van der Waals surface area contributed by atoms with Gasteiger partial charge >= 0.3 is 0 Å². The van der Waals surface area contributed by atoms with Crippen LogP contribution in [0.3, 0.4) is 0 Å². The fourth-order valence-electron chi connectivity index (χ4n) is 1.60. The molecule has 0 atom stereocenters. The van der Waals surface area contributed by atoms with Crippen molar-refractivity contribution in [3.05, 3.63) is 36.0 Å². The number of carbonyl (C=O) groups excluding carboxylic acids is 1. The lowest BCUT2D eigenvalue weighted by atomic mass is 10.2. The molecule has 0 fully saturated rings. The molecule has 0 aliphatic carbocycles. The Hall–Kier alpha value is -1.28. The van der Waals surface area contributed by atoms with Crippen molar-refractivity contribution in [3.63, 3.8) is 0 Å². The summed E-state index contributed by atoms with van der Waals surface area (Å²) < 4.78 is 2.12. The monoisotopic (exact) mass is 207 g/mol. The number of aryl methyl sites for hydroxylation is 1. The predicted molar refractivity (Wildman–Crippen MR) is 57.8 cm³/mol. The van der Waals surface area contributed by atoms with Gasteiger partial charge in [-0.05, 0) is 42.8 Å². The highest BCUT2D eigenvalue weighted by atomic mass is 35.5. The molecule has 0 bridgehead atoms. The van der Waals surface area contributed by atoms with E-state index < -0.39 is 5.24 Å². The zero-order chi connectivity index (χ0) is 10.1. The minimum Gasteiger partial charge on any atom is -0.348 e. The summed E-state index contributed by atoms with van der Waals surface area (Å²) in [5, 5.41) is 0.648. The Morgan fingerprint density at radius 1 is 1.43 bits per heavy atom. The van der Waals surface area contributed by atoms with Gasteiger partial charge < -0.3 is 4.57 Å². The van der Waals surface area contributed by atoms with E-state index in [1.807, 2.05) is 24.4 Å². The molecule has 0 spiro atoms. The molecular formula is C11H10ClNO. The van der Waals surface area contributed by atoms with Gasteiger partial charge in [-0.25, -0.2) is 0 Å². The quantitative estimate of drug-likeness (QED) is 0.694. The summed E-state index contributed by atoms with van der Waals surface area (Å²) in [6, 6.07) is 7.48. The number of fused-ring (bicyclic) bond motifs is 1. The number of halogens is 1. The zero-order valence-electron chi connectivity index (χ0n) is 7.83. The number of benzene rings is 1. The maximum atomic E-state index is 10.9. The van der Waals surface area contributed by atoms with Gasteiger partial charge in [0, 0.05) is 29.2 Å². The Morgan fingerprint density at radius 3 is 2.86 bits per heavy atom. The van der Waals surface area contributed by atoms with Crippen LogP contribution in [0.15, 0.2) is 30.5 Å². The minimum atomic E-state index is -0.406. The van der Waals surface area contributed by atoms with Crippen molar-refractivity contribution in [1.82, 2.24) is 4.57 Å². The number of aromatic nitrogens is 1. The molecule has 0 saturated carbocycles. The van der Waals surface area contributed by atoms with E-state index in [1.54, 1.807) is 6.07 Å². The Labute approximate surface area is 87.1 Å².